The van der Waals surface area contributed by atoms with Gasteiger partial charge >= 0.3 is 0 Å². The largest absolute Gasteiger partial charge is 0.503 e. The van der Waals surface area contributed by atoms with Crippen LogP contribution in [0, 0.1) is 106 Å². The zero-order valence-corrected chi connectivity index (χ0v) is 65.5. The zero-order chi connectivity index (χ0) is 46.0. The maximum absolute atomic E-state index is 12.4. The minimum absolute atomic E-state index is 0. The van der Waals surface area contributed by atoms with Gasteiger partial charge in [-0.1, -0.05) is 89.2 Å². The SMILES string of the molecule is CC12CC3CC(C)(C1)CC(C)(C3)C2.C[C-]=CC12CC3(C)CC(C)(CC(C)(C3)C1)C2.C[CH-]C(=O)C12CC3(C)CC(C)(CC(C)(C3)C1)C2.C[CH-]C(O)C12CC3(C)CC(C)(CC(C)(C3)C1)C2.[Rf].[Rf].[Rf]. The first-order valence-electron chi connectivity index (χ1n) is 27.0. The number of rotatable bonds is 5. The van der Waals surface area contributed by atoms with Crippen molar-refractivity contribution in [2.45, 2.75) is 264 Å². The Hall–Kier alpha value is -3.76. The van der Waals surface area contributed by atoms with Crippen molar-refractivity contribution in [1.29, 1.82) is 0 Å². The standard InChI is InChI=1S/C16H27O.C16H25O.C16H25.C13H22.3Rf/c2*1-5-12(17)16-9-13(2)6-14(3,10-16)8-15(4,7-13)11-16;1-5-6-16-10-13(2)7-14(3,11-16)9-15(4,8-13)12-16;1-11-4-10-5-12(2,7-11)9-13(3,6-10)8-11;;;/h5,12,17H,6-11H2,1-4H3;5H,6-11H2,1-4H3;6H,7-12H2,1-4H3;10H,4-9H2,1-3H3;;;/q3*-1;;;;. The number of carbonyl (C=O) groups excluding carboxylic acids is 1. The Morgan fingerprint density at radius 3 is 0.955 bits per heavy atom. The second-order valence-corrected chi connectivity index (χ2v) is 32.8. The van der Waals surface area contributed by atoms with Crippen LogP contribution in [0.3, 0.4) is 0 Å². The average molecular weight is 1670 g/mol. The normalized spacial score (nSPS) is 56.6. The third-order valence-corrected chi connectivity index (χ3v) is 21.7. The molecule has 5 heteroatoms. The molecular formula is C61H99O2Rf3-3. The molecule has 0 saturated heterocycles. The summed E-state index contributed by atoms with van der Waals surface area (Å²) in [5.41, 5.74) is 7.47. The Balaban J connectivity index is 0.000000144. The van der Waals surface area contributed by atoms with E-state index in [9.17, 15) is 9.90 Å². The van der Waals surface area contributed by atoms with Crippen molar-refractivity contribution in [3.63, 3.8) is 0 Å². The summed E-state index contributed by atoms with van der Waals surface area (Å²) in [6, 6.07) is 0. The fourth-order valence-corrected chi connectivity index (χ4v) is 26.8. The zero-order valence-electron chi connectivity index (χ0n) is 46.3. The molecule has 1 N–H and O–H groups in total. The van der Waals surface area contributed by atoms with E-state index in [0.29, 0.717) is 59.9 Å². The van der Waals surface area contributed by atoms with Gasteiger partial charge in [-0.15, -0.1) is 0 Å². The smallest absolute Gasteiger partial charge is 0.00486 e. The first-order chi connectivity index (χ1) is 28.7. The quantitative estimate of drug-likeness (QED) is 0.279. The predicted molar refractivity (Wildman–Crippen MR) is 263 cm³/mol. The minimum Gasteiger partial charge on any atom is -0.503 e. The molecule has 1 atom stereocenters. The number of ketones is 1. The van der Waals surface area contributed by atoms with Crippen LogP contribution in [0.25, 0.3) is 0 Å². The van der Waals surface area contributed by atoms with Crippen LogP contribution in [0.1, 0.15) is 258 Å². The summed E-state index contributed by atoms with van der Waals surface area (Å²) in [7, 11) is 0. The summed E-state index contributed by atoms with van der Waals surface area (Å²) < 4.78 is 0. The van der Waals surface area contributed by atoms with Crippen molar-refractivity contribution in [3.05, 3.63) is 25.0 Å². The molecule has 16 fully saturated rings. The van der Waals surface area contributed by atoms with Crippen LogP contribution in [-0.2, 0) is 4.79 Å². The van der Waals surface area contributed by atoms with E-state index in [2.05, 4.69) is 102 Å². The van der Waals surface area contributed by atoms with Gasteiger partial charge in [0, 0.05) is 11.2 Å². The van der Waals surface area contributed by atoms with Gasteiger partial charge in [-0.3, -0.25) is 6.08 Å². The maximum Gasteiger partial charge on any atom is 0.00486 e. The maximum atomic E-state index is 12.4. The molecule has 16 saturated carbocycles. The number of aliphatic hydroxyl groups excluding tert-OH is 1. The van der Waals surface area contributed by atoms with Crippen LogP contribution in [-0.4, -0.2) is 17.0 Å². The minimum atomic E-state index is -0.193. The van der Waals surface area contributed by atoms with E-state index in [1.165, 1.54) is 135 Å². The van der Waals surface area contributed by atoms with Crippen LogP contribution >= 0.6 is 0 Å². The van der Waals surface area contributed by atoms with Crippen LogP contribution < -0.4 is 0 Å². The van der Waals surface area contributed by atoms with Crippen molar-refractivity contribution in [3.8, 4) is 0 Å². The molecule has 0 radical (unpaired) electrons. The third kappa shape index (κ3) is 8.55. The van der Waals surface area contributed by atoms with Crippen LogP contribution in [0.15, 0.2) is 6.08 Å². The van der Waals surface area contributed by atoms with Crippen LogP contribution in [0.2, 0.25) is 0 Å². The first-order valence-corrected chi connectivity index (χ1v) is 27.0. The number of aliphatic hydroxyl groups is 1. The van der Waals surface area contributed by atoms with E-state index in [4.69, 9.17) is 0 Å². The molecule has 0 spiro atoms. The van der Waals surface area contributed by atoms with Crippen molar-refractivity contribution in [2.24, 2.45) is 87.1 Å². The summed E-state index contributed by atoms with van der Waals surface area (Å²) in [4.78, 5) is 12.4. The van der Waals surface area contributed by atoms with Gasteiger partial charge in [-0.25, -0.2) is 0 Å². The fourth-order valence-electron chi connectivity index (χ4n) is 26.8. The van der Waals surface area contributed by atoms with Gasteiger partial charge in [-0.2, -0.15) is 20.8 Å². The van der Waals surface area contributed by atoms with Gasteiger partial charge in [0.05, 0.1) is 0 Å². The number of hydrogen-bond acceptors (Lipinski definition) is 2. The topological polar surface area (TPSA) is 37.3 Å². The molecule has 0 aromatic heterocycles. The average Bonchev–Trinajstić information content (AvgIpc) is 2.99. The third-order valence-electron chi connectivity index (χ3n) is 21.7. The van der Waals surface area contributed by atoms with Gasteiger partial charge in [0.15, 0.2) is 0 Å². The van der Waals surface area contributed by atoms with Crippen molar-refractivity contribution in [1.82, 2.24) is 0 Å². The summed E-state index contributed by atoms with van der Waals surface area (Å²) in [6.45, 7) is 36.0. The molecule has 16 bridgehead atoms. The van der Waals surface area contributed by atoms with Gasteiger partial charge in [-0.05, 0) is 236 Å². The van der Waals surface area contributed by atoms with E-state index in [1.54, 1.807) is 0 Å². The monoisotopic (exact) mass is 1670 g/mol. The molecule has 0 heterocycles. The number of allylic oxidation sites excluding steroid dienone is 2. The predicted octanol–water partition coefficient (Wildman–Crippen LogP) is 16.9. The summed E-state index contributed by atoms with van der Waals surface area (Å²) in [5.74, 6) is 1.51. The van der Waals surface area contributed by atoms with Gasteiger partial charge in [0.1, 0.15) is 0 Å². The Labute approximate surface area is 390 Å². The molecule has 2 nitrogen and oxygen atoms in total. The van der Waals surface area contributed by atoms with E-state index in [-0.39, 0.29) is 16.9 Å². The summed E-state index contributed by atoms with van der Waals surface area (Å²) >= 11 is 0. The van der Waals surface area contributed by atoms with E-state index >= 15 is 0 Å². The molecule has 1 unspecified atom stereocenters. The van der Waals surface area contributed by atoms with Crippen molar-refractivity contribution >= 4 is 5.78 Å². The second-order valence-electron chi connectivity index (χ2n) is 32.8. The molecule has 0 aliphatic heterocycles. The Morgan fingerprint density at radius 1 is 0.455 bits per heavy atom. The van der Waals surface area contributed by atoms with Gasteiger partial charge in [0.2, 0.25) is 0 Å². The summed E-state index contributed by atoms with van der Waals surface area (Å²) in [6.07, 6.45) is 42.7. The second kappa shape index (κ2) is 14.6. The first kappa shape index (κ1) is 51.6. The molecule has 0 aromatic carbocycles. The molecule has 16 rings (SSSR count). The molecule has 0 amide bonds. The molecule has 66 heavy (non-hydrogen) atoms. The van der Waals surface area contributed by atoms with E-state index in [1.807, 2.05) is 26.7 Å². The number of hydrogen-bond donors (Lipinski definition) is 1. The van der Waals surface area contributed by atoms with E-state index < -0.39 is 0 Å². The van der Waals surface area contributed by atoms with Crippen LogP contribution in [0.5, 0.6) is 0 Å². The fraction of sp³-hybridized carbons (Fsp3) is 0.918. The van der Waals surface area contributed by atoms with Crippen molar-refractivity contribution < 1.29 is 9.90 Å². The molecule has 0 aromatic rings. The number of carbonyl (C=O) groups is 1. The van der Waals surface area contributed by atoms with Crippen molar-refractivity contribution in [2.75, 3.05) is 0 Å². The Kier molecular flexibility index (Phi) is 11.4. The Bertz CT molecular complexity index is 1670. The number of Topliss-reactive ketones (excluding diaryl/α,β-unsaturated/α-hetero) is 1. The molecule has 16 aliphatic carbocycles. The van der Waals surface area contributed by atoms with Gasteiger partial charge < -0.3 is 28.8 Å². The molecule has 364 valence electrons. The van der Waals surface area contributed by atoms with Crippen LogP contribution in [0.4, 0.5) is 0 Å². The summed E-state index contributed by atoms with van der Waals surface area (Å²) in [5, 5.41) is 10.5. The molecule has 16 aliphatic rings. The Morgan fingerprint density at radius 2 is 0.712 bits per heavy atom. The van der Waals surface area contributed by atoms with Gasteiger partial charge in [0.25, 0.3) is 0 Å². The van der Waals surface area contributed by atoms with E-state index in [0.717, 1.165) is 41.4 Å². The molecular weight excluding hydrogens is 1570 g/mol.